The maximum absolute atomic E-state index is 2.87. The maximum Gasteiger partial charge on any atom is 0.0350 e. The molecule has 0 aromatic rings. The minimum atomic E-state index is 0.350. The van der Waals surface area contributed by atoms with Crippen molar-refractivity contribution >= 4 is 0 Å². The molecule has 4 heterocycles. The summed E-state index contributed by atoms with van der Waals surface area (Å²) >= 11 is 0. The summed E-state index contributed by atoms with van der Waals surface area (Å²) in [5, 5.41) is 0. The molecule has 4 nitrogen and oxygen atoms in total. The SMILES string of the molecule is CC(C)(C)N1CC(N2CCC(N3C[C@@H]4CN(C(C)(C)C)C[C@@H]4C3)CC2)C1. The van der Waals surface area contributed by atoms with Crippen LogP contribution in [0.15, 0.2) is 0 Å². The van der Waals surface area contributed by atoms with Crippen molar-refractivity contribution in [1.82, 2.24) is 19.6 Å². The van der Waals surface area contributed by atoms with Crippen molar-refractivity contribution in [3.8, 4) is 0 Å². The van der Waals surface area contributed by atoms with Gasteiger partial charge in [0.25, 0.3) is 0 Å². The highest BCUT2D eigenvalue weighted by molar-refractivity contribution is 5.00. The summed E-state index contributed by atoms with van der Waals surface area (Å²) in [4.78, 5) is 11.0. The molecule has 0 amide bonds. The Bertz CT molecular complexity index is 477. The predicted molar refractivity (Wildman–Crippen MR) is 110 cm³/mol. The van der Waals surface area contributed by atoms with E-state index in [1.54, 1.807) is 0 Å². The van der Waals surface area contributed by atoms with Gasteiger partial charge in [0.1, 0.15) is 0 Å². The van der Waals surface area contributed by atoms with Crippen molar-refractivity contribution < 1.29 is 0 Å². The van der Waals surface area contributed by atoms with Gasteiger partial charge < -0.3 is 0 Å². The van der Waals surface area contributed by atoms with E-state index in [-0.39, 0.29) is 0 Å². The lowest BCUT2D eigenvalue weighted by Gasteiger charge is -2.53. The summed E-state index contributed by atoms with van der Waals surface area (Å²) in [7, 11) is 0. The first kappa shape index (κ1) is 19.2. The number of hydrogen-bond donors (Lipinski definition) is 0. The molecule has 150 valence electrons. The quantitative estimate of drug-likeness (QED) is 0.748. The van der Waals surface area contributed by atoms with Crippen LogP contribution in [0, 0.1) is 11.8 Å². The van der Waals surface area contributed by atoms with Crippen LogP contribution in [0.3, 0.4) is 0 Å². The molecule has 0 spiro atoms. The fourth-order valence-corrected chi connectivity index (χ4v) is 5.73. The third-order valence-electron chi connectivity index (χ3n) is 7.81. The van der Waals surface area contributed by atoms with Crippen molar-refractivity contribution in [3.63, 3.8) is 0 Å². The summed E-state index contributed by atoms with van der Waals surface area (Å²) < 4.78 is 0. The van der Waals surface area contributed by atoms with Crippen LogP contribution < -0.4 is 0 Å². The standard InChI is InChI=1S/C22H42N4/c1-21(2,3)25-13-17-11-24(12-18(17)14-25)19-7-9-23(10-8-19)20-15-26(16-20)22(4,5)6/h17-20H,7-16H2,1-6H3/t17-,18+. The van der Waals surface area contributed by atoms with Gasteiger partial charge in [0, 0.05) is 75.5 Å². The Balaban J connectivity index is 1.21. The Kier molecular flexibility index (Phi) is 4.95. The molecule has 0 aromatic carbocycles. The molecule has 0 radical (unpaired) electrons. The smallest absolute Gasteiger partial charge is 0.0350 e. The van der Waals surface area contributed by atoms with Crippen molar-refractivity contribution in [2.75, 3.05) is 52.4 Å². The van der Waals surface area contributed by atoms with Gasteiger partial charge in [0.05, 0.1) is 0 Å². The highest BCUT2D eigenvalue weighted by atomic mass is 15.3. The van der Waals surface area contributed by atoms with Gasteiger partial charge in [-0.15, -0.1) is 0 Å². The Morgan fingerprint density at radius 3 is 1.46 bits per heavy atom. The molecule has 0 N–H and O–H groups in total. The van der Waals surface area contributed by atoms with Crippen LogP contribution in [0.2, 0.25) is 0 Å². The zero-order chi connectivity index (χ0) is 18.7. The average molecular weight is 363 g/mol. The van der Waals surface area contributed by atoms with Crippen LogP contribution in [-0.2, 0) is 0 Å². The number of piperidine rings is 1. The van der Waals surface area contributed by atoms with Crippen molar-refractivity contribution in [1.29, 1.82) is 0 Å². The second-order valence-corrected chi connectivity index (χ2v) is 11.5. The van der Waals surface area contributed by atoms with Crippen LogP contribution in [0.25, 0.3) is 0 Å². The zero-order valence-corrected chi connectivity index (χ0v) is 18.2. The van der Waals surface area contributed by atoms with Gasteiger partial charge in [-0.25, -0.2) is 0 Å². The third kappa shape index (κ3) is 3.72. The summed E-state index contributed by atoms with van der Waals surface area (Å²) in [5.41, 5.74) is 0.702. The van der Waals surface area contributed by atoms with Crippen molar-refractivity contribution in [2.45, 2.75) is 77.5 Å². The first-order chi connectivity index (χ1) is 12.1. The number of nitrogens with zero attached hydrogens (tertiary/aromatic N) is 4. The highest BCUT2D eigenvalue weighted by Gasteiger charge is 2.45. The molecule has 4 heteroatoms. The van der Waals surface area contributed by atoms with Gasteiger partial charge in [0.2, 0.25) is 0 Å². The van der Waals surface area contributed by atoms with E-state index < -0.39 is 0 Å². The second-order valence-electron chi connectivity index (χ2n) is 11.5. The van der Waals surface area contributed by atoms with Gasteiger partial charge in [-0.1, -0.05) is 0 Å². The minimum absolute atomic E-state index is 0.350. The minimum Gasteiger partial charge on any atom is -0.300 e. The highest BCUT2D eigenvalue weighted by Crippen LogP contribution is 2.37. The maximum atomic E-state index is 2.87. The van der Waals surface area contributed by atoms with E-state index in [2.05, 4.69) is 61.1 Å². The lowest BCUT2D eigenvalue weighted by Crippen LogP contribution is -2.65. The molecule has 4 saturated heterocycles. The summed E-state index contributed by atoms with van der Waals surface area (Å²) in [6, 6.07) is 1.69. The first-order valence-electron chi connectivity index (χ1n) is 11.1. The fraction of sp³-hybridized carbons (Fsp3) is 1.00. The average Bonchev–Trinajstić information content (AvgIpc) is 3.02. The summed E-state index contributed by atoms with van der Waals surface area (Å²) in [6.45, 7) is 24.8. The summed E-state index contributed by atoms with van der Waals surface area (Å²) in [5.74, 6) is 1.86. The summed E-state index contributed by atoms with van der Waals surface area (Å²) in [6.07, 6.45) is 2.79. The molecule has 0 bridgehead atoms. The van der Waals surface area contributed by atoms with Crippen LogP contribution in [0.1, 0.15) is 54.4 Å². The molecule has 4 fully saturated rings. The van der Waals surface area contributed by atoms with Gasteiger partial charge in [-0.3, -0.25) is 19.6 Å². The monoisotopic (exact) mass is 362 g/mol. The normalized spacial score (nSPS) is 34.4. The topological polar surface area (TPSA) is 13.0 Å². The van der Waals surface area contributed by atoms with Crippen molar-refractivity contribution in [3.05, 3.63) is 0 Å². The van der Waals surface area contributed by atoms with Gasteiger partial charge in [-0.2, -0.15) is 0 Å². The molecular formula is C22H42N4. The number of likely N-dealkylation sites (tertiary alicyclic amines) is 4. The van der Waals surface area contributed by atoms with Crippen LogP contribution >= 0.6 is 0 Å². The van der Waals surface area contributed by atoms with E-state index in [1.165, 1.54) is 65.2 Å². The molecule has 4 aliphatic heterocycles. The fourth-order valence-electron chi connectivity index (χ4n) is 5.73. The molecule has 0 aromatic heterocycles. The molecule has 0 aliphatic carbocycles. The van der Waals surface area contributed by atoms with E-state index in [9.17, 15) is 0 Å². The van der Waals surface area contributed by atoms with Gasteiger partial charge >= 0.3 is 0 Å². The zero-order valence-electron chi connectivity index (χ0n) is 18.2. The van der Waals surface area contributed by atoms with E-state index in [0.717, 1.165) is 23.9 Å². The second kappa shape index (κ2) is 6.72. The number of rotatable bonds is 2. The third-order valence-corrected chi connectivity index (χ3v) is 7.81. The first-order valence-corrected chi connectivity index (χ1v) is 11.1. The Labute approximate surface area is 161 Å². The molecule has 2 atom stereocenters. The van der Waals surface area contributed by atoms with Crippen LogP contribution in [-0.4, -0.2) is 95.1 Å². The van der Waals surface area contributed by atoms with Gasteiger partial charge in [-0.05, 0) is 66.2 Å². The van der Waals surface area contributed by atoms with E-state index in [1.807, 2.05) is 0 Å². The van der Waals surface area contributed by atoms with E-state index in [0.29, 0.717) is 11.1 Å². The van der Waals surface area contributed by atoms with E-state index >= 15 is 0 Å². The molecule has 0 saturated carbocycles. The van der Waals surface area contributed by atoms with E-state index in [4.69, 9.17) is 0 Å². The lowest BCUT2D eigenvalue weighted by molar-refractivity contribution is -0.0364. The largest absolute Gasteiger partial charge is 0.300 e. The molecule has 26 heavy (non-hydrogen) atoms. The van der Waals surface area contributed by atoms with Gasteiger partial charge in [0.15, 0.2) is 0 Å². The lowest BCUT2D eigenvalue weighted by atomic mass is 9.94. The number of fused-ring (bicyclic) bond motifs is 1. The van der Waals surface area contributed by atoms with Crippen LogP contribution in [0.4, 0.5) is 0 Å². The van der Waals surface area contributed by atoms with Crippen molar-refractivity contribution in [2.24, 2.45) is 11.8 Å². The number of hydrogen-bond acceptors (Lipinski definition) is 4. The predicted octanol–water partition coefficient (Wildman–Crippen LogP) is 2.60. The Hall–Kier alpha value is -0.160. The Morgan fingerprint density at radius 1 is 0.538 bits per heavy atom. The molecule has 0 unspecified atom stereocenters. The molecule has 4 rings (SSSR count). The molecule has 4 aliphatic rings. The molecular weight excluding hydrogens is 320 g/mol. The van der Waals surface area contributed by atoms with Crippen LogP contribution in [0.5, 0.6) is 0 Å². The Morgan fingerprint density at radius 2 is 1.00 bits per heavy atom.